The lowest BCUT2D eigenvalue weighted by atomic mass is 10.0. The van der Waals surface area contributed by atoms with Crippen LogP contribution in [-0.2, 0) is 0 Å². The fraction of sp³-hybridized carbons (Fsp3) is 0.579. The first kappa shape index (κ1) is 16.2. The first-order chi connectivity index (χ1) is 10.4. The van der Waals surface area contributed by atoms with Gasteiger partial charge >= 0.3 is 0 Å². The first-order valence-corrected chi connectivity index (χ1v) is 8.48. The SMILES string of the molecule is O=C(CCCCCCCN1CC[CH]CC1)c1ccccc1. The second-order valence-electron chi connectivity index (χ2n) is 6.01. The highest BCUT2D eigenvalue weighted by Gasteiger charge is 2.09. The van der Waals surface area contributed by atoms with E-state index in [2.05, 4.69) is 11.3 Å². The number of carbonyl (C=O) groups is 1. The van der Waals surface area contributed by atoms with Crippen LogP contribution in [0.2, 0.25) is 0 Å². The van der Waals surface area contributed by atoms with E-state index in [0.717, 1.165) is 12.0 Å². The van der Waals surface area contributed by atoms with Crippen molar-refractivity contribution < 1.29 is 4.79 Å². The Hall–Kier alpha value is -1.15. The van der Waals surface area contributed by atoms with E-state index in [-0.39, 0.29) is 0 Å². The predicted octanol–water partition coefficient (Wildman–Crippen LogP) is 4.51. The number of Topliss-reactive ketones (excluding diaryl/α,β-unsaturated/α-hetero) is 1. The summed E-state index contributed by atoms with van der Waals surface area (Å²) in [5.74, 6) is 0.292. The Labute approximate surface area is 129 Å². The summed E-state index contributed by atoms with van der Waals surface area (Å²) < 4.78 is 0. The van der Waals surface area contributed by atoms with Gasteiger partial charge in [0.2, 0.25) is 0 Å². The lowest BCUT2D eigenvalue weighted by Gasteiger charge is -2.26. The maximum atomic E-state index is 11.9. The van der Waals surface area contributed by atoms with Crippen molar-refractivity contribution in [2.45, 2.75) is 51.4 Å². The van der Waals surface area contributed by atoms with Crippen LogP contribution < -0.4 is 0 Å². The number of nitrogens with zero attached hydrogens (tertiary/aromatic N) is 1. The minimum absolute atomic E-state index is 0.292. The van der Waals surface area contributed by atoms with E-state index in [1.807, 2.05) is 30.3 Å². The zero-order chi connectivity index (χ0) is 14.8. The lowest BCUT2D eigenvalue weighted by Crippen LogP contribution is -2.30. The van der Waals surface area contributed by atoms with Crippen LogP contribution in [0.5, 0.6) is 0 Å². The van der Waals surface area contributed by atoms with Gasteiger partial charge < -0.3 is 4.90 Å². The van der Waals surface area contributed by atoms with E-state index >= 15 is 0 Å². The molecule has 0 aliphatic carbocycles. The maximum absolute atomic E-state index is 11.9. The fourth-order valence-electron chi connectivity index (χ4n) is 2.95. The van der Waals surface area contributed by atoms with Crippen LogP contribution in [0.15, 0.2) is 30.3 Å². The average molecular weight is 286 g/mol. The van der Waals surface area contributed by atoms with Gasteiger partial charge in [-0.05, 0) is 51.7 Å². The number of likely N-dealkylation sites (tertiary alicyclic amines) is 1. The number of ketones is 1. The number of benzene rings is 1. The Morgan fingerprint density at radius 1 is 0.905 bits per heavy atom. The Kier molecular flexibility index (Phi) is 7.51. The van der Waals surface area contributed by atoms with Crippen molar-refractivity contribution >= 4 is 5.78 Å². The minimum atomic E-state index is 0.292. The Bertz CT molecular complexity index is 395. The molecule has 1 saturated heterocycles. The summed E-state index contributed by atoms with van der Waals surface area (Å²) in [6.45, 7) is 3.77. The van der Waals surface area contributed by atoms with Crippen LogP contribution >= 0.6 is 0 Å². The molecule has 1 fully saturated rings. The molecule has 115 valence electrons. The molecular weight excluding hydrogens is 258 g/mol. The molecule has 1 aromatic carbocycles. The van der Waals surface area contributed by atoms with Crippen LogP contribution in [-0.4, -0.2) is 30.3 Å². The van der Waals surface area contributed by atoms with Crippen molar-refractivity contribution in [3.05, 3.63) is 42.3 Å². The third-order valence-corrected chi connectivity index (χ3v) is 4.27. The minimum Gasteiger partial charge on any atom is -0.303 e. The molecule has 0 unspecified atom stereocenters. The van der Waals surface area contributed by atoms with Crippen LogP contribution in [0, 0.1) is 6.42 Å². The summed E-state index contributed by atoms with van der Waals surface area (Å²) >= 11 is 0. The molecule has 0 aromatic heterocycles. The van der Waals surface area contributed by atoms with Gasteiger partial charge in [0.25, 0.3) is 0 Å². The lowest BCUT2D eigenvalue weighted by molar-refractivity contribution is 0.0979. The molecule has 1 aliphatic heterocycles. The number of hydrogen-bond acceptors (Lipinski definition) is 2. The second-order valence-corrected chi connectivity index (χ2v) is 6.01. The van der Waals surface area contributed by atoms with Crippen LogP contribution in [0.4, 0.5) is 0 Å². The highest BCUT2D eigenvalue weighted by molar-refractivity contribution is 5.95. The van der Waals surface area contributed by atoms with Gasteiger partial charge in [-0.2, -0.15) is 0 Å². The number of carbonyl (C=O) groups excluding carboxylic acids is 1. The quantitative estimate of drug-likeness (QED) is 0.492. The van der Waals surface area contributed by atoms with E-state index < -0.39 is 0 Å². The van der Waals surface area contributed by atoms with Gasteiger partial charge in [-0.1, -0.05) is 49.6 Å². The smallest absolute Gasteiger partial charge is 0.162 e. The van der Waals surface area contributed by atoms with Gasteiger partial charge in [-0.25, -0.2) is 0 Å². The molecule has 1 radical (unpaired) electrons. The van der Waals surface area contributed by atoms with Crippen LogP contribution in [0.3, 0.4) is 0 Å². The van der Waals surface area contributed by atoms with Crippen molar-refractivity contribution in [2.75, 3.05) is 19.6 Å². The molecule has 2 nitrogen and oxygen atoms in total. The number of piperidine rings is 1. The maximum Gasteiger partial charge on any atom is 0.162 e. The van der Waals surface area contributed by atoms with Crippen molar-refractivity contribution in [3.63, 3.8) is 0 Å². The Morgan fingerprint density at radius 2 is 1.57 bits per heavy atom. The molecule has 0 bridgehead atoms. The molecular formula is C19H28NO. The molecule has 2 rings (SSSR count). The molecule has 2 heteroatoms. The standard InChI is InChI=1S/C19H28NO/c21-19(18-12-6-4-7-13-18)14-8-2-1-3-9-15-20-16-10-5-11-17-20/h4-7,12-13H,1-3,8-11,14-17H2. The monoisotopic (exact) mass is 286 g/mol. The van der Waals surface area contributed by atoms with Crippen LogP contribution in [0.25, 0.3) is 0 Å². The fourth-order valence-corrected chi connectivity index (χ4v) is 2.95. The molecule has 0 amide bonds. The van der Waals surface area contributed by atoms with E-state index in [0.29, 0.717) is 12.2 Å². The molecule has 0 N–H and O–H groups in total. The zero-order valence-electron chi connectivity index (χ0n) is 13.1. The molecule has 0 saturated carbocycles. The van der Waals surface area contributed by atoms with Crippen molar-refractivity contribution in [2.24, 2.45) is 0 Å². The van der Waals surface area contributed by atoms with Gasteiger partial charge in [0.15, 0.2) is 5.78 Å². The van der Waals surface area contributed by atoms with Gasteiger partial charge in [0.1, 0.15) is 0 Å². The van der Waals surface area contributed by atoms with Crippen molar-refractivity contribution in [1.82, 2.24) is 4.90 Å². The molecule has 1 aromatic rings. The number of unbranched alkanes of at least 4 members (excludes halogenated alkanes) is 4. The van der Waals surface area contributed by atoms with E-state index in [1.54, 1.807) is 0 Å². The summed E-state index contributed by atoms with van der Waals surface area (Å²) in [6, 6.07) is 9.66. The van der Waals surface area contributed by atoms with E-state index in [9.17, 15) is 4.79 Å². The largest absolute Gasteiger partial charge is 0.303 e. The third kappa shape index (κ3) is 6.43. The third-order valence-electron chi connectivity index (χ3n) is 4.27. The summed E-state index contributed by atoms with van der Waals surface area (Å²) in [5, 5.41) is 0. The highest BCUT2D eigenvalue weighted by atomic mass is 16.1. The summed E-state index contributed by atoms with van der Waals surface area (Å²) in [5.41, 5.74) is 0.861. The van der Waals surface area contributed by atoms with E-state index in [4.69, 9.17) is 0 Å². The molecule has 0 atom stereocenters. The topological polar surface area (TPSA) is 20.3 Å². The van der Waals surface area contributed by atoms with Gasteiger partial charge in [-0.3, -0.25) is 4.79 Å². The average Bonchev–Trinajstić information content (AvgIpc) is 2.55. The number of rotatable bonds is 9. The Morgan fingerprint density at radius 3 is 2.33 bits per heavy atom. The van der Waals surface area contributed by atoms with Crippen LogP contribution in [0.1, 0.15) is 61.7 Å². The summed E-state index contributed by atoms with van der Waals surface area (Å²) in [6.07, 6.45) is 11.7. The molecule has 0 spiro atoms. The van der Waals surface area contributed by atoms with Crippen molar-refractivity contribution in [1.29, 1.82) is 0 Å². The normalized spacial score (nSPS) is 16.0. The van der Waals surface area contributed by atoms with Gasteiger partial charge in [-0.15, -0.1) is 0 Å². The Balaban J connectivity index is 1.45. The van der Waals surface area contributed by atoms with Gasteiger partial charge in [0.05, 0.1) is 0 Å². The van der Waals surface area contributed by atoms with E-state index in [1.165, 1.54) is 58.2 Å². The summed E-state index contributed by atoms with van der Waals surface area (Å²) in [4.78, 5) is 14.5. The zero-order valence-corrected chi connectivity index (χ0v) is 13.1. The predicted molar refractivity (Wildman–Crippen MR) is 88.4 cm³/mol. The van der Waals surface area contributed by atoms with Crippen molar-refractivity contribution in [3.8, 4) is 0 Å². The highest BCUT2D eigenvalue weighted by Crippen LogP contribution is 2.12. The molecule has 21 heavy (non-hydrogen) atoms. The molecule has 1 heterocycles. The number of hydrogen-bond donors (Lipinski definition) is 0. The second kappa shape index (κ2) is 9.73. The van der Waals surface area contributed by atoms with Gasteiger partial charge in [0, 0.05) is 12.0 Å². The molecule has 1 aliphatic rings. The first-order valence-electron chi connectivity index (χ1n) is 8.48. The summed E-state index contributed by atoms with van der Waals surface area (Å²) in [7, 11) is 0.